The first-order valence-electron chi connectivity index (χ1n) is 6.43. The molecule has 0 aliphatic heterocycles. The number of carbonyl (C=O) groups excluding carboxylic acids is 1. The van der Waals surface area contributed by atoms with Crippen LogP contribution in [0.4, 0.5) is 13.2 Å². The van der Waals surface area contributed by atoms with Crippen molar-refractivity contribution in [2.45, 2.75) is 38.6 Å². The highest BCUT2D eigenvalue weighted by Gasteiger charge is 2.31. The van der Waals surface area contributed by atoms with Crippen molar-refractivity contribution in [1.82, 2.24) is 5.32 Å². The quantitative estimate of drug-likeness (QED) is 0.800. The standard InChI is InChI=1S/C14H17ClF3NO2/c1-3-13(2,8-9-15)19-12(20)10-4-6-11(7-5-10)21-14(16,17)18/h4-7H,3,8-9H2,1-2H3,(H,19,20). The lowest BCUT2D eigenvalue weighted by Crippen LogP contribution is -2.45. The highest BCUT2D eigenvalue weighted by molar-refractivity contribution is 6.17. The van der Waals surface area contributed by atoms with Gasteiger partial charge in [-0.05, 0) is 44.0 Å². The van der Waals surface area contributed by atoms with E-state index in [1.54, 1.807) is 0 Å². The molecule has 0 fully saturated rings. The molecule has 0 spiro atoms. The molecule has 0 aliphatic rings. The average Bonchev–Trinajstić information content (AvgIpc) is 2.37. The van der Waals surface area contributed by atoms with E-state index in [0.717, 1.165) is 12.1 Å². The van der Waals surface area contributed by atoms with Gasteiger partial charge in [0.25, 0.3) is 5.91 Å². The second-order valence-electron chi connectivity index (χ2n) is 4.88. The lowest BCUT2D eigenvalue weighted by molar-refractivity contribution is -0.274. The maximum absolute atomic E-state index is 12.1. The molecule has 1 amide bonds. The Kier molecular flexibility index (Phi) is 5.89. The van der Waals surface area contributed by atoms with Gasteiger partial charge >= 0.3 is 6.36 Å². The van der Waals surface area contributed by atoms with Gasteiger partial charge in [-0.25, -0.2) is 0 Å². The maximum Gasteiger partial charge on any atom is 0.573 e. The molecule has 7 heteroatoms. The van der Waals surface area contributed by atoms with E-state index < -0.39 is 11.9 Å². The first kappa shape index (κ1) is 17.6. The van der Waals surface area contributed by atoms with Crippen LogP contribution in [-0.4, -0.2) is 23.7 Å². The number of rotatable bonds is 6. The van der Waals surface area contributed by atoms with Crippen LogP contribution in [0.15, 0.2) is 24.3 Å². The summed E-state index contributed by atoms with van der Waals surface area (Å²) in [6.07, 6.45) is -3.45. The monoisotopic (exact) mass is 323 g/mol. The van der Waals surface area contributed by atoms with Gasteiger partial charge in [0.2, 0.25) is 0 Å². The zero-order chi connectivity index (χ0) is 16.1. The Morgan fingerprint density at radius 2 is 1.86 bits per heavy atom. The Balaban J connectivity index is 2.75. The van der Waals surface area contributed by atoms with E-state index in [2.05, 4.69) is 10.1 Å². The second-order valence-corrected chi connectivity index (χ2v) is 5.26. The molecular weight excluding hydrogens is 307 g/mol. The van der Waals surface area contributed by atoms with Gasteiger partial charge in [-0.3, -0.25) is 4.79 Å². The third-order valence-electron chi connectivity index (χ3n) is 3.19. The minimum Gasteiger partial charge on any atom is -0.406 e. The highest BCUT2D eigenvalue weighted by Crippen LogP contribution is 2.23. The summed E-state index contributed by atoms with van der Waals surface area (Å²) in [5.41, 5.74) is -0.182. The predicted octanol–water partition coefficient (Wildman–Crippen LogP) is 4.11. The topological polar surface area (TPSA) is 38.3 Å². The fourth-order valence-electron chi connectivity index (χ4n) is 1.69. The summed E-state index contributed by atoms with van der Waals surface area (Å²) in [5, 5.41) is 2.84. The second kappa shape index (κ2) is 7.02. The van der Waals surface area contributed by atoms with Gasteiger partial charge in [0.05, 0.1) is 0 Å². The first-order valence-corrected chi connectivity index (χ1v) is 6.97. The summed E-state index contributed by atoms with van der Waals surface area (Å²) in [6, 6.07) is 4.78. The Hall–Kier alpha value is -1.43. The zero-order valence-corrected chi connectivity index (χ0v) is 12.5. The number of halogens is 4. The van der Waals surface area contributed by atoms with Gasteiger partial charge in [-0.15, -0.1) is 24.8 Å². The molecule has 0 bridgehead atoms. The van der Waals surface area contributed by atoms with E-state index in [1.165, 1.54) is 12.1 Å². The minimum absolute atomic E-state index is 0.263. The van der Waals surface area contributed by atoms with E-state index in [4.69, 9.17) is 11.6 Å². The number of ether oxygens (including phenoxy) is 1. The van der Waals surface area contributed by atoms with Crippen molar-refractivity contribution in [2.24, 2.45) is 0 Å². The number of benzene rings is 1. The van der Waals surface area contributed by atoms with Crippen LogP contribution in [-0.2, 0) is 0 Å². The SMILES string of the molecule is CCC(C)(CCCl)NC(=O)c1ccc(OC(F)(F)F)cc1. The number of carbonyl (C=O) groups is 1. The summed E-state index contributed by atoms with van der Waals surface area (Å²) in [5.74, 6) is -0.315. The molecule has 1 aromatic carbocycles. The molecule has 0 saturated heterocycles. The van der Waals surface area contributed by atoms with E-state index in [1.807, 2.05) is 13.8 Å². The lowest BCUT2D eigenvalue weighted by Gasteiger charge is -2.29. The van der Waals surface area contributed by atoms with Crippen molar-refractivity contribution in [3.63, 3.8) is 0 Å². The molecule has 1 aromatic rings. The van der Waals surface area contributed by atoms with Gasteiger partial charge in [-0.2, -0.15) is 0 Å². The molecule has 0 aliphatic carbocycles. The molecule has 21 heavy (non-hydrogen) atoms. The van der Waals surface area contributed by atoms with Gasteiger partial charge in [-0.1, -0.05) is 6.92 Å². The summed E-state index contributed by atoms with van der Waals surface area (Å²) < 4.78 is 39.9. The van der Waals surface area contributed by atoms with Crippen LogP contribution in [0.2, 0.25) is 0 Å². The van der Waals surface area contributed by atoms with Crippen LogP contribution in [0.3, 0.4) is 0 Å². The van der Waals surface area contributed by atoms with Crippen molar-refractivity contribution in [1.29, 1.82) is 0 Å². The van der Waals surface area contributed by atoms with Crippen molar-refractivity contribution in [3.8, 4) is 5.75 Å². The molecule has 0 radical (unpaired) electrons. The van der Waals surface area contributed by atoms with Crippen molar-refractivity contribution in [3.05, 3.63) is 29.8 Å². The molecule has 3 nitrogen and oxygen atoms in total. The van der Waals surface area contributed by atoms with Gasteiger partial charge in [0.1, 0.15) is 5.75 Å². The minimum atomic E-state index is -4.75. The number of alkyl halides is 4. The Bertz CT molecular complexity index is 476. The average molecular weight is 324 g/mol. The Morgan fingerprint density at radius 3 is 2.29 bits per heavy atom. The van der Waals surface area contributed by atoms with Gasteiger partial charge in [0.15, 0.2) is 0 Å². The molecule has 1 atom stereocenters. The fraction of sp³-hybridized carbons (Fsp3) is 0.500. The summed E-state index contributed by atoms with van der Waals surface area (Å²) >= 11 is 5.70. The third-order valence-corrected chi connectivity index (χ3v) is 3.38. The summed E-state index contributed by atoms with van der Waals surface area (Å²) in [7, 11) is 0. The summed E-state index contributed by atoms with van der Waals surface area (Å²) in [6.45, 7) is 3.79. The molecule has 0 aromatic heterocycles. The van der Waals surface area contributed by atoms with Crippen LogP contribution >= 0.6 is 11.6 Å². The number of hydrogen-bond donors (Lipinski definition) is 1. The van der Waals surface area contributed by atoms with Crippen LogP contribution < -0.4 is 10.1 Å². The van der Waals surface area contributed by atoms with E-state index in [-0.39, 0.29) is 17.2 Å². The van der Waals surface area contributed by atoms with Crippen molar-refractivity contribution < 1.29 is 22.7 Å². The molecule has 0 heterocycles. The van der Waals surface area contributed by atoms with Crippen LogP contribution in [0, 0.1) is 0 Å². The van der Waals surface area contributed by atoms with Crippen LogP contribution in [0.5, 0.6) is 5.75 Å². The zero-order valence-electron chi connectivity index (χ0n) is 11.8. The number of amides is 1. The largest absolute Gasteiger partial charge is 0.573 e. The predicted molar refractivity (Wildman–Crippen MR) is 74.6 cm³/mol. The molecule has 118 valence electrons. The highest BCUT2D eigenvalue weighted by atomic mass is 35.5. The van der Waals surface area contributed by atoms with Gasteiger partial charge in [0, 0.05) is 17.0 Å². The van der Waals surface area contributed by atoms with Gasteiger partial charge < -0.3 is 10.1 Å². The molecule has 0 saturated carbocycles. The van der Waals surface area contributed by atoms with E-state index in [9.17, 15) is 18.0 Å². The van der Waals surface area contributed by atoms with E-state index >= 15 is 0 Å². The van der Waals surface area contributed by atoms with Crippen LogP contribution in [0.1, 0.15) is 37.0 Å². The number of hydrogen-bond acceptors (Lipinski definition) is 2. The molecule has 1 rings (SSSR count). The fourth-order valence-corrected chi connectivity index (χ4v) is 2.11. The number of nitrogens with one attached hydrogen (secondary N) is 1. The first-order chi connectivity index (χ1) is 9.69. The van der Waals surface area contributed by atoms with Crippen molar-refractivity contribution in [2.75, 3.05) is 5.88 Å². The molecule has 1 N–H and O–H groups in total. The summed E-state index contributed by atoms with van der Waals surface area (Å²) in [4.78, 5) is 12.1. The molecular formula is C14H17ClF3NO2. The smallest absolute Gasteiger partial charge is 0.406 e. The Morgan fingerprint density at radius 1 is 1.29 bits per heavy atom. The molecule has 1 unspecified atom stereocenters. The third kappa shape index (κ3) is 5.83. The normalized spacial score (nSPS) is 14.4. The Labute approximate surface area is 126 Å². The van der Waals surface area contributed by atoms with Crippen LogP contribution in [0.25, 0.3) is 0 Å². The van der Waals surface area contributed by atoms with E-state index in [0.29, 0.717) is 18.7 Å². The lowest BCUT2D eigenvalue weighted by atomic mass is 9.95. The maximum atomic E-state index is 12.1. The van der Waals surface area contributed by atoms with Crippen molar-refractivity contribution >= 4 is 17.5 Å².